The van der Waals surface area contributed by atoms with Crippen molar-refractivity contribution in [2.75, 3.05) is 31.5 Å². The van der Waals surface area contributed by atoms with Crippen LogP contribution in [-0.2, 0) is 4.79 Å². The molecule has 2 amide bonds. The Labute approximate surface area is 151 Å². The van der Waals surface area contributed by atoms with E-state index < -0.39 is 0 Å². The van der Waals surface area contributed by atoms with E-state index in [0.29, 0.717) is 30.1 Å². The Morgan fingerprint density at radius 1 is 1.24 bits per heavy atom. The van der Waals surface area contributed by atoms with Crippen LogP contribution in [-0.4, -0.2) is 42.9 Å². The number of anilines is 1. The molecule has 1 atom stereocenters. The molecular formula is C20H31N3O2. The van der Waals surface area contributed by atoms with E-state index in [9.17, 15) is 9.59 Å². The molecule has 1 heterocycles. The molecule has 0 bridgehead atoms. The highest BCUT2D eigenvalue weighted by Gasteiger charge is 2.20. The Morgan fingerprint density at radius 3 is 2.84 bits per heavy atom. The molecule has 2 N–H and O–H groups in total. The minimum absolute atomic E-state index is 0.0155. The molecule has 1 aliphatic rings. The van der Waals surface area contributed by atoms with Gasteiger partial charge in [0.05, 0.1) is 0 Å². The molecule has 0 radical (unpaired) electrons. The first kappa shape index (κ1) is 19.4. The fourth-order valence-corrected chi connectivity index (χ4v) is 3.37. The molecule has 5 heteroatoms. The molecule has 1 aromatic carbocycles. The predicted octanol–water partition coefficient (Wildman–Crippen LogP) is 3.28. The van der Waals surface area contributed by atoms with Crippen molar-refractivity contribution in [1.29, 1.82) is 0 Å². The van der Waals surface area contributed by atoms with Crippen LogP contribution >= 0.6 is 0 Å². The van der Waals surface area contributed by atoms with Gasteiger partial charge >= 0.3 is 0 Å². The number of hydrogen-bond donors (Lipinski definition) is 2. The van der Waals surface area contributed by atoms with E-state index in [1.165, 1.54) is 25.8 Å². The fraction of sp³-hybridized carbons (Fsp3) is 0.600. The molecule has 1 unspecified atom stereocenters. The number of amides is 2. The molecule has 1 fully saturated rings. The molecule has 0 spiro atoms. The van der Waals surface area contributed by atoms with Crippen molar-refractivity contribution >= 4 is 17.5 Å². The van der Waals surface area contributed by atoms with Gasteiger partial charge in [0.25, 0.3) is 5.91 Å². The third-order valence-electron chi connectivity index (χ3n) is 4.58. The zero-order chi connectivity index (χ0) is 18.1. The van der Waals surface area contributed by atoms with Crippen molar-refractivity contribution in [3.8, 4) is 0 Å². The van der Waals surface area contributed by atoms with Crippen molar-refractivity contribution in [3.63, 3.8) is 0 Å². The van der Waals surface area contributed by atoms with Crippen molar-refractivity contribution in [2.24, 2.45) is 5.92 Å². The van der Waals surface area contributed by atoms with Gasteiger partial charge in [0.1, 0.15) is 0 Å². The van der Waals surface area contributed by atoms with Crippen molar-refractivity contribution in [3.05, 3.63) is 29.8 Å². The summed E-state index contributed by atoms with van der Waals surface area (Å²) >= 11 is 0. The van der Waals surface area contributed by atoms with Crippen LogP contribution in [0.1, 0.15) is 56.3 Å². The van der Waals surface area contributed by atoms with Crippen LogP contribution in [0.15, 0.2) is 24.3 Å². The number of likely N-dealkylation sites (tertiary alicyclic amines) is 1. The molecule has 1 aromatic rings. The highest BCUT2D eigenvalue weighted by Crippen LogP contribution is 2.16. The Balaban J connectivity index is 1.85. The van der Waals surface area contributed by atoms with Crippen LogP contribution in [0.2, 0.25) is 0 Å². The third-order valence-corrected chi connectivity index (χ3v) is 4.58. The van der Waals surface area contributed by atoms with Crippen molar-refractivity contribution < 1.29 is 9.59 Å². The van der Waals surface area contributed by atoms with Crippen LogP contribution < -0.4 is 10.6 Å². The van der Waals surface area contributed by atoms with E-state index in [2.05, 4.69) is 22.5 Å². The zero-order valence-electron chi connectivity index (χ0n) is 15.5. The molecule has 138 valence electrons. The molecule has 1 saturated heterocycles. The summed E-state index contributed by atoms with van der Waals surface area (Å²) in [6.07, 6.45) is 4.86. The number of carbonyl (C=O) groups excluding carboxylic acids is 2. The normalized spacial score (nSPS) is 17.9. The third kappa shape index (κ3) is 6.50. The van der Waals surface area contributed by atoms with Gasteiger partial charge in [0.15, 0.2) is 0 Å². The largest absolute Gasteiger partial charge is 0.352 e. The van der Waals surface area contributed by atoms with Gasteiger partial charge in [0, 0.05) is 30.8 Å². The van der Waals surface area contributed by atoms with E-state index in [1.54, 1.807) is 18.2 Å². The minimum atomic E-state index is -0.0702. The fourth-order valence-electron chi connectivity index (χ4n) is 3.37. The first-order valence-corrected chi connectivity index (χ1v) is 9.52. The van der Waals surface area contributed by atoms with E-state index in [0.717, 1.165) is 19.5 Å². The summed E-state index contributed by atoms with van der Waals surface area (Å²) in [4.78, 5) is 26.6. The first-order valence-electron chi connectivity index (χ1n) is 9.52. The number of benzene rings is 1. The van der Waals surface area contributed by atoms with Gasteiger partial charge in [-0.2, -0.15) is 0 Å². The summed E-state index contributed by atoms with van der Waals surface area (Å²) in [6, 6.07) is 7.15. The van der Waals surface area contributed by atoms with Crippen LogP contribution in [0, 0.1) is 5.92 Å². The molecule has 0 saturated carbocycles. The van der Waals surface area contributed by atoms with Gasteiger partial charge in [0.2, 0.25) is 5.91 Å². The standard InChI is InChI=1S/C20H31N3O2/c1-3-7-19(24)22-18-10-5-9-17(13-18)20(25)21-14-16-8-6-12-23(15-16)11-4-2/h5,9-10,13,16H,3-4,6-8,11-12,14-15H2,1-2H3,(H,21,25)(H,22,24). The average molecular weight is 345 g/mol. The lowest BCUT2D eigenvalue weighted by Gasteiger charge is -2.32. The van der Waals surface area contributed by atoms with Crippen LogP contribution in [0.25, 0.3) is 0 Å². The van der Waals surface area contributed by atoms with E-state index >= 15 is 0 Å². The highest BCUT2D eigenvalue weighted by molar-refractivity contribution is 5.97. The van der Waals surface area contributed by atoms with Gasteiger partial charge < -0.3 is 15.5 Å². The SMILES string of the molecule is CCCC(=O)Nc1cccc(C(=O)NCC2CCCN(CCC)C2)c1. The Bertz CT molecular complexity index is 572. The van der Waals surface area contributed by atoms with Crippen LogP contribution in [0.3, 0.4) is 0 Å². The zero-order valence-corrected chi connectivity index (χ0v) is 15.5. The second kappa shape index (κ2) is 10.2. The average Bonchev–Trinajstić information content (AvgIpc) is 2.61. The maximum absolute atomic E-state index is 12.4. The number of carbonyl (C=O) groups is 2. The van der Waals surface area contributed by atoms with Crippen LogP contribution in [0.5, 0.6) is 0 Å². The second-order valence-electron chi connectivity index (χ2n) is 6.90. The summed E-state index contributed by atoms with van der Waals surface area (Å²) in [5.41, 5.74) is 1.27. The number of nitrogens with zero attached hydrogens (tertiary/aromatic N) is 1. The maximum Gasteiger partial charge on any atom is 0.251 e. The number of hydrogen-bond acceptors (Lipinski definition) is 3. The number of piperidine rings is 1. The van der Waals surface area contributed by atoms with Crippen molar-refractivity contribution in [2.45, 2.75) is 46.0 Å². The molecule has 5 nitrogen and oxygen atoms in total. The van der Waals surface area contributed by atoms with Gasteiger partial charge in [-0.1, -0.05) is 19.9 Å². The monoisotopic (exact) mass is 345 g/mol. The van der Waals surface area contributed by atoms with Gasteiger partial charge in [-0.15, -0.1) is 0 Å². The molecule has 0 aromatic heterocycles. The molecule has 25 heavy (non-hydrogen) atoms. The smallest absolute Gasteiger partial charge is 0.251 e. The molecule has 1 aliphatic heterocycles. The Morgan fingerprint density at radius 2 is 2.08 bits per heavy atom. The lowest BCUT2D eigenvalue weighted by atomic mass is 9.97. The maximum atomic E-state index is 12.4. The summed E-state index contributed by atoms with van der Waals surface area (Å²) in [6.45, 7) is 8.28. The number of rotatable bonds is 8. The van der Waals surface area contributed by atoms with Crippen LogP contribution in [0.4, 0.5) is 5.69 Å². The highest BCUT2D eigenvalue weighted by atomic mass is 16.2. The summed E-state index contributed by atoms with van der Waals surface area (Å²) in [7, 11) is 0. The quantitative estimate of drug-likeness (QED) is 0.760. The topological polar surface area (TPSA) is 61.4 Å². The number of nitrogens with one attached hydrogen (secondary N) is 2. The second-order valence-corrected chi connectivity index (χ2v) is 6.90. The van der Waals surface area contributed by atoms with Gasteiger partial charge in [-0.05, 0) is 62.9 Å². The molecule has 2 rings (SSSR count). The van der Waals surface area contributed by atoms with E-state index in [4.69, 9.17) is 0 Å². The Kier molecular flexibility index (Phi) is 7.92. The lowest BCUT2D eigenvalue weighted by molar-refractivity contribution is -0.116. The summed E-state index contributed by atoms with van der Waals surface area (Å²) in [5, 5.41) is 5.90. The van der Waals surface area contributed by atoms with E-state index in [-0.39, 0.29) is 11.8 Å². The molecular weight excluding hydrogens is 314 g/mol. The molecule has 0 aliphatic carbocycles. The summed E-state index contributed by atoms with van der Waals surface area (Å²) in [5.74, 6) is 0.439. The summed E-state index contributed by atoms with van der Waals surface area (Å²) < 4.78 is 0. The van der Waals surface area contributed by atoms with Crippen molar-refractivity contribution in [1.82, 2.24) is 10.2 Å². The Hall–Kier alpha value is -1.88. The lowest BCUT2D eigenvalue weighted by Crippen LogP contribution is -2.41. The minimum Gasteiger partial charge on any atom is -0.352 e. The van der Waals surface area contributed by atoms with E-state index in [1.807, 2.05) is 13.0 Å². The predicted molar refractivity (Wildman–Crippen MR) is 102 cm³/mol. The van der Waals surface area contributed by atoms with Gasteiger partial charge in [-0.25, -0.2) is 0 Å². The van der Waals surface area contributed by atoms with Gasteiger partial charge in [-0.3, -0.25) is 9.59 Å². The first-order chi connectivity index (χ1) is 12.1.